The minimum Gasteiger partial charge on any atom is -0.383 e. The number of aryl methyl sites for hydroxylation is 1. The van der Waals surface area contributed by atoms with Crippen molar-refractivity contribution in [2.45, 2.75) is 13.5 Å². The maximum Gasteiger partial charge on any atom is 0.123 e. The van der Waals surface area contributed by atoms with Gasteiger partial charge in [0.05, 0.1) is 18.0 Å². The topological polar surface area (TPSA) is 30.3 Å². The van der Waals surface area contributed by atoms with Gasteiger partial charge in [0.1, 0.15) is 5.82 Å². The lowest BCUT2D eigenvalue weighted by molar-refractivity contribution is 0.158. The number of benzene rings is 2. The van der Waals surface area contributed by atoms with Crippen molar-refractivity contribution in [1.82, 2.24) is 14.7 Å². The second kappa shape index (κ2) is 8.25. The molecule has 1 aromatic heterocycles. The van der Waals surface area contributed by atoms with Crippen LogP contribution in [-0.4, -0.2) is 42.0 Å². The second-order valence-electron chi connectivity index (χ2n) is 6.53. The molecule has 1 heterocycles. The van der Waals surface area contributed by atoms with Gasteiger partial charge in [-0.1, -0.05) is 24.3 Å². The van der Waals surface area contributed by atoms with Crippen LogP contribution in [0.4, 0.5) is 4.39 Å². The largest absolute Gasteiger partial charge is 0.383 e. The van der Waals surface area contributed by atoms with Gasteiger partial charge in [-0.2, -0.15) is 5.10 Å². The molecule has 0 amide bonds. The van der Waals surface area contributed by atoms with E-state index in [9.17, 15) is 4.39 Å². The summed E-state index contributed by atoms with van der Waals surface area (Å²) in [6.07, 6.45) is 2.03. The van der Waals surface area contributed by atoms with Crippen molar-refractivity contribution < 1.29 is 9.13 Å². The van der Waals surface area contributed by atoms with E-state index in [4.69, 9.17) is 9.84 Å². The molecule has 0 radical (unpaired) electrons. The standard InChI is InChI=1S/C21H24FN3O/c1-16-6-4-9-20(12-16)25-15-18(14-24(2)10-11-26-3)21(23-25)17-7-5-8-19(22)13-17/h4-9,12-13,15H,10-11,14H2,1-3H3. The molecule has 0 fully saturated rings. The van der Waals surface area contributed by atoms with Gasteiger partial charge in [-0.25, -0.2) is 9.07 Å². The van der Waals surface area contributed by atoms with Gasteiger partial charge in [0.25, 0.3) is 0 Å². The van der Waals surface area contributed by atoms with Gasteiger partial charge in [0.15, 0.2) is 0 Å². The number of methoxy groups -OCH3 is 1. The number of rotatable bonds is 7. The average molecular weight is 353 g/mol. The van der Waals surface area contributed by atoms with Gasteiger partial charge >= 0.3 is 0 Å². The molecule has 0 spiro atoms. The van der Waals surface area contributed by atoms with Crippen LogP contribution in [-0.2, 0) is 11.3 Å². The van der Waals surface area contributed by atoms with Crippen LogP contribution in [0.15, 0.2) is 54.7 Å². The summed E-state index contributed by atoms with van der Waals surface area (Å²) in [5, 5.41) is 4.76. The summed E-state index contributed by atoms with van der Waals surface area (Å²) < 4.78 is 20.8. The summed E-state index contributed by atoms with van der Waals surface area (Å²) in [4.78, 5) is 2.17. The van der Waals surface area contributed by atoms with E-state index < -0.39 is 0 Å². The van der Waals surface area contributed by atoms with Crippen molar-refractivity contribution in [3.63, 3.8) is 0 Å². The molecule has 2 aromatic carbocycles. The highest BCUT2D eigenvalue weighted by molar-refractivity contribution is 5.63. The van der Waals surface area contributed by atoms with Crippen molar-refractivity contribution in [2.24, 2.45) is 0 Å². The monoisotopic (exact) mass is 353 g/mol. The van der Waals surface area contributed by atoms with Gasteiger partial charge in [0.2, 0.25) is 0 Å². The lowest BCUT2D eigenvalue weighted by Crippen LogP contribution is -2.22. The average Bonchev–Trinajstić information content (AvgIpc) is 3.04. The smallest absolute Gasteiger partial charge is 0.123 e. The first-order chi connectivity index (χ1) is 12.6. The van der Waals surface area contributed by atoms with Crippen LogP contribution in [0.3, 0.4) is 0 Å². The molecule has 0 bridgehead atoms. The van der Waals surface area contributed by atoms with Crippen molar-refractivity contribution in [3.8, 4) is 16.9 Å². The first kappa shape index (κ1) is 18.3. The van der Waals surface area contributed by atoms with Gasteiger partial charge in [-0.15, -0.1) is 0 Å². The van der Waals surface area contributed by atoms with Crippen molar-refractivity contribution in [2.75, 3.05) is 27.3 Å². The predicted molar refractivity (Wildman–Crippen MR) is 102 cm³/mol. The van der Waals surface area contributed by atoms with E-state index in [2.05, 4.69) is 24.0 Å². The number of likely N-dealkylation sites (N-methyl/N-ethyl adjacent to an activating group) is 1. The number of hydrogen-bond acceptors (Lipinski definition) is 3. The first-order valence-electron chi connectivity index (χ1n) is 8.66. The zero-order valence-electron chi connectivity index (χ0n) is 15.4. The summed E-state index contributed by atoms with van der Waals surface area (Å²) in [6.45, 7) is 4.24. The molecule has 0 saturated heterocycles. The number of halogens is 1. The molecule has 0 unspecified atom stereocenters. The maximum absolute atomic E-state index is 13.7. The Hall–Kier alpha value is -2.50. The Morgan fingerprint density at radius 3 is 2.69 bits per heavy atom. The third-order valence-corrected chi connectivity index (χ3v) is 4.27. The minimum absolute atomic E-state index is 0.258. The van der Waals surface area contributed by atoms with Crippen LogP contribution in [0.5, 0.6) is 0 Å². The van der Waals surface area contributed by atoms with Crippen LogP contribution in [0.1, 0.15) is 11.1 Å². The molecule has 4 nitrogen and oxygen atoms in total. The zero-order chi connectivity index (χ0) is 18.5. The maximum atomic E-state index is 13.7. The van der Waals surface area contributed by atoms with E-state index in [0.717, 1.165) is 29.1 Å². The van der Waals surface area contributed by atoms with Crippen LogP contribution in [0, 0.1) is 12.7 Å². The van der Waals surface area contributed by atoms with E-state index in [1.807, 2.05) is 36.1 Å². The minimum atomic E-state index is -0.258. The second-order valence-corrected chi connectivity index (χ2v) is 6.53. The van der Waals surface area contributed by atoms with E-state index in [-0.39, 0.29) is 5.82 Å². The van der Waals surface area contributed by atoms with Crippen LogP contribution < -0.4 is 0 Å². The third kappa shape index (κ3) is 4.36. The van der Waals surface area contributed by atoms with E-state index in [1.165, 1.54) is 17.7 Å². The molecule has 0 aliphatic carbocycles. The highest BCUT2D eigenvalue weighted by Crippen LogP contribution is 2.25. The highest BCUT2D eigenvalue weighted by atomic mass is 19.1. The first-order valence-corrected chi connectivity index (χ1v) is 8.66. The Labute approximate surface area is 153 Å². The summed E-state index contributed by atoms with van der Waals surface area (Å²) in [5.74, 6) is -0.258. The summed E-state index contributed by atoms with van der Waals surface area (Å²) in [6, 6.07) is 14.8. The van der Waals surface area contributed by atoms with Gasteiger partial charge < -0.3 is 4.74 Å². The third-order valence-electron chi connectivity index (χ3n) is 4.27. The van der Waals surface area contributed by atoms with Crippen LogP contribution in [0.25, 0.3) is 16.9 Å². The van der Waals surface area contributed by atoms with Gasteiger partial charge in [-0.3, -0.25) is 4.90 Å². The van der Waals surface area contributed by atoms with Gasteiger partial charge in [-0.05, 0) is 43.8 Å². The number of nitrogens with zero attached hydrogens (tertiary/aromatic N) is 3. The molecule has 5 heteroatoms. The Bertz CT molecular complexity index is 875. The zero-order valence-corrected chi connectivity index (χ0v) is 15.4. The molecule has 0 atom stereocenters. The van der Waals surface area contributed by atoms with E-state index in [0.29, 0.717) is 13.2 Å². The fourth-order valence-electron chi connectivity index (χ4n) is 2.92. The van der Waals surface area contributed by atoms with Crippen molar-refractivity contribution in [3.05, 3.63) is 71.7 Å². The number of ether oxygens (including phenoxy) is 1. The summed E-state index contributed by atoms with van der Waals surface area (Å²) in [7, 11) is 3.74. The number of hydrogen-bond donors (Lipinski definition) is 0. The van der Waals surface area contributed by atoms with Gasteiger partial charge in [0, 0.05) is 37.5 Å². The Morgan fingerprint density at radius 1 is 1.15 bits per heavy atom. The Balaban J connectivity index is 1.99. The Morgan fingerprint density at radius 2 is 1.96 bits per heavy atom. The molecule has 0 aliphatic heterocycles. The van der Waals surface area contributed by atoms with E-state index in [1.54, 1.807) is 13.2 Å². The number of aromatic nitrogens is 2. The Kier molecular flexibility index (Phi) is 5.81. The quantitative estimate of drug-likeness (QED) is 0.641. The van der Waals surface area contributed by atoms with Crippen molar-refractivity contribution >= 4 is 0 Å². The molecule has 136 valence electrons. The van der Waals surface area contributed by atoms with Crippen LogP contribution in [0.2, 0.25) is 0 Å². The van der Waals surface area contributed by atoms with E-state index >= 15 is 0 Å². The fraction of sp³-hybridized carbons (Fsp3) is 0.286. The fourth-order valence-corrected chi connectivity index (χ4v) is 2.92. The SMILES string of the molecule is COCCN(C)Cc1cn(-c2cccc(C)c2)nc1-c1cccc(F)c1. The molecule has 3 rings (SSSR count). The normalized spacial score (nSPS) is 11.3. The van der Waals surface area contributed by atoms with Crippen LogP contribution >= 0.6 is 0 Å². The molecule has 26 heavy (non-hydrogen) atoms. The lowest BCUT2D eigenvalue weighted by Gasteiger charge is -2.15. The van der Waals surface area contributed by atoms with Crippen molar-refractivity contribution in [1.29, 1.82) is 0 Å². The summed E-state index contributed by atoms with van der Waals surface area (Å²) >= 11 is 0. The molecular weight excluding hydrogens is 329 g/mol. The lowest BCUT2D eigenvalue weighted by atomic mass is 10.1. The molecule has 3 aromatic rings. The molecular formula is C21H24FN3O. The highest BCUT2D eigenvalue weighted by Gasteiger charge is 2.14. The molecule has 0 aliphatic rings. The molecule has 0 N–H and O–H groups in total. The predicted octanol–water partition coefficient (Wildman–Crippen LogP) is 4.07. The summed E-state index contributed by atoms with van der Waals surface area (Å²) in [5.41, 5.74) is 4.80. The molecule has 0 saturated carbocycles.